The fourth-order valence-electron chi connectivity index (χ4n) is 3.71. The third-order valence-corrected chi connectivity index (χ3v) is 5.25. The lowest BCUT2D eigenvalue weighted by molar-refractivity contribution is -0.130. The molecule has 1 unspecified atom stereocenters. The van der Waals surface area contributed by atoms with Gasteiger partial charge in [-0.1, -0.05) is 49.3 Å². The highest BCUT2D eigenvalue weighted by molar-refractivity contribution is 5.76. The molecule has 8 nitrogen and oxygen atoms in total. The van der Waals surface area contributed by atoms with E-state index in [0.29, 0.717) is 48.2 Å². The number of amides is 1. The number of aryl methyl sites for hydroxylation is 1. The Hall–Kier alpha value is -3.03. The SMILES string of the molecule is CC(C)Cc1nnc(CC2CCN(C(=O)CCc3nc(-c4ccccc4)no3)C2)o1. The van der Waals surface area contributed by atoms with Gasteiger partial charge >= 0.3 is 0 Å². The first kappa shape index (κ1) is 20.3. The fraction of sp³-hybridized carbons (Fsp3) is 0.500. The van der Waals surface area contributed by atoms with Crippen molar-refractivity contribution in [2.24, 2.45) is 11.8 Å². The molecule has 0 spiro atoms. The Kier molecular flexibility index (Phi) is 6.21. The molecule has 0 radical (unpaired) electrons. The van der Waals surface area contributed by atoms with Gasteiger partial charge < -0.3 is 13.8 Å². The maximum absolute atomic E-state index is 12.6. The molecule has 2 aromatic heterocycles. The van der Waals surface area contributed by atoms with E-state index in [-0.39, 0.29) is 5.91 Å². The third kappa shape index (κ3) is 5.11. The molecule has 1 saturated heterocycles. The number of carbonyl (C=O) groups excluding carboxylic acids is 1. The van der Waals surface area contributed by atoms with Gasteiger partial charge in [0.15, 0.2) is 0 Å². The van der Waals surface area contributed by atoms with Gasteiger partial charge in [0.2, 0.25) is 29.4 Å². The highest BCUT2D eigenvalue weighted by atomic mass is 16.5. The highest BCUT2D eigenvalue weighted by Gasteiger charge is 2.28. The van der Waals surface area contributed by atoms with Crippen LogP contribution in [0.15, 0.2) is 39.3 Å². The molecule has 0 N–H and O–H groups in total. The molecule has 1 aliphatic rings. The van der Waals surface area contributed by atoms with E-state index in [2.05, 4.69) is 34.2 Å². The predicted molar refractivity (Wildman–Crippen MR) is 109 cm³/mol. The van der Waals surface area contributed by atoms with Crippen LogP contribution in [0.25, 0.3) is 11.4 Å². The molecule has 4 rings (SSSR count). The second kappa shape index (κ2) is 9.19. The Bertz CT molecular complexity index is 966. The second-order valence-corrected chi connectivity index (χ2v) is 8.26. The van der Waals surface area contributed by atoms with Gasteiger partial charge in [0.1, 0.15) is 0 Å². The first-order chi connectivity index (χ1) is 14.6. The highest BCUT2D eigenvalue weighted by Crippen LogP contribution is 2.22. The Labute approximate surface area is 175 Å². The van der Waals surface area contributed by atoms with E-state index >= 15 is 0 Å². The van der Waals surface area contributed by atoms with Crippen molar-refractivity contribution in [3.05, 3.63) is 48.0 Å². The number of hydrogen-bond donors (Lipinski definition) is 0. The van der Waals surface area contributed by atoms with Gasteiger partial charge in [-0.2, -0.15) is 4.98 Å². The zero-order chi connectivity index (χ0) is 20.9. The van der Waals surface area contributed by atoms with Crippen LogP contribution in [-0.2, 0) is 24.1 Å². The quantitative estimate of drug-likeness (QED) is 0.563. The van der Waals surface area contributed by atoms with Gasteiger partial charge in [-0.25, -0.2) is 0 Å². The number of carbonyl (C=O) groups is 1. The maximum Gasteiger partial charge on any atom is 0.227 e. The minimum absolute atomic E-state index is 0.114. The molecule has 1 aromatic carbocycles. The number of rotatable bonds is 8. The van der Waals surface area contributed by atoms with E-state index < -0.39 is 0 Å². The van der Waals surface area contributed by atoms with E-state index in [1.54, 1.807) is 0 Å². The molecule has 158 valence electrons. The van der Waals surface area contributed by atoms with Crippen LogP contribution in [0.4, 0.5) is 0 Å². The van der Waals surface area contributed by atoms with E-state index in [4.69, 9.17) is 8.94 Å². The van der Waals surface area contributed by atoms with Crippen molar-refractivity contribution in [1.29, 1.82) is 0 Å². The van der Waals surface area contributed by atoms with E-state index in [1.807, 2.05) is 35.2 Å². The molecule has 0 saturated carbocycles. The van der Waals surface area contributed by atoms with Crippen molar-refractivity contribution in [2.45, 2.75) is 46.0 Å². The number of hydrogen-bond acceptors (Lipinski definition) is 7. The molecule has 0 bridgehead atoms. The molecule has 0 aliphatic carbocycles. The van der Waals surface area contributed by atoms with Crippen molar-refractivity contribution in [1.82, 2.24) is 25.2 Å². The van der Waals surface area contributed by atoms with Gasteiger partial charge in [0.05, 0.1) is 0 Å². The average Bonchev–Trinajstić information content (AvgIpc) is 3.48. The second-order valence-electron chi connectivity index (χ2n) is 8.26. The molecule has 3 heterocycles. The smallest absolute Gasteiger partial charge is 0.227 e. The maximum atomic E-state index is 12.6. The Morgan fingerprint density at radius 2 is 1.97 bits per heavy atom. The van der Waals surface area contributed by atoms with Crippen LogP contribution in [0, 0.1) is 11.8 Å². The van der Waals surface area contributed by atoms with Crippen molar-refractivity contribution < 1.29 is 13.7 Å². The van der Waals surface area contributed by atoms with Crippen molar-refractivity contribution >= 4 is 5.91 Å². The Morgan fingerprint density at radius 3 is 2.77 bits per heavy atom. The van der Waals surface area contributed by atoms with Crippen LogP contribution in [0.3, 0.4) is 0 Å². The largest absolute Gasteiger partial charge is 0.425 e. The zero-order valence-electron chi connectivity index (χ0n) is 17.5. The lowest BCUT2D eigenvalue weighted by atomic mass is 10.1. The van der Waals surface area contributed by atoms with Gasteiger partial charge in [-0.15, -0.1) is 10.2 Å². The molecule has 3 aromatic rings. The fourth-order valence-corrected chi connectivity index (χ4v) is 3.71. The molecule has 1 fully saturated rings. The summed E-state index contributed by atoms with van der Waals surface area (Å²) in [6, 6.07) is 9.66. The molecule has 8 heteroatoms. The van der Waals surface area contributed by atoms with Crippen LogP contribution >= 0.6 is 0 Å². The van der Waals surface area contributed by atoms with Crippen LogP contribution < -0.4 is 0 Å². The summed E-state index contributed by atoms with van der Waals surface area (Å²) in [6.07, 6.45) is 3.28. The van der Waals surface area contributed by atoms with Crippen molar-refractivity contribution in [3.63, 3.8) is 0 Å². The van der Waals surface area contributed by atoms with Crippen LogP contribution in [0.5, 0.6) is 0 Å². The summed E-state index contributed by atoms with van der Waals surface area (Å²) in [4.78, 5) is 18.9. The summed E-state index contributed by atoms with van der Waals surface area (Å²) in [5.74, 6) is 3.36. The topological polar surface area (TPSA) is 98.2 Å². The van der Waals surface area contributed by atoms with E-state index in [0.717, 1.165) is 37.9 Å². The first-order valence-corrected chi connectivity index (χ1v) is 10.5. The van der Waals surface area contributed by atoms with E-state index in [9.17, 15) is 4.79 Å². The molecule has 30 heavy (non-hydrogen) atoms. The molecule has 1 amide bonds. The summed E-state index contributed by atoms with van der Waals surface area (Å²) in [6.45, 7) is 5.73. The third-order valence-electron chi connectivity index (χ3n) is 5.25. The number of nitrogens with zero attached hydrogens (tertiary/aromatic N) is 5. The molecule has 1 aliphatic heterocycles. The lowest BCUT2D eigenvalue weighted by Gasteiger charge is -2.15. The molecular formula is C22H27N5O3. The molecular weight excluding hydrogens is 382 g/mol. The van der Waals surface area contributed by atoms with Crippen molar-refractivity contribution in [3.8, 4) is 11.4 Å². The average molecular weight is 409 g/mol. The summed E-state index contributed by atoms with van der Waals surface area (Å²) in [5.41, 5.74) is 0.902. The lowest BCUT2D eigenvalue weighted by Crippen LogP contribution is -2.29. The number of benzene rings is 1. The summed E-state index contributed by atoms with van der Waals surface area (Å²) in [7, 11) is 0. The number of likely N-dealkylation sites (tertiary alicyclic amines) is 1. The standard InChI is InChI=1S/C22H27N5O3/c1-15(2)12-19-24-25-20(29-19)13-16-10-11-27(14-16)21(28)9-8-18-23-22(26-30-18)17-6-4-3-5-7-17/h3-7,15-16H,8-14H2,1-2H3. The predicted octanol–water partition coefficient (Wildman–Crippen LogP) is 3.34. The monoisotopic (exact) mass is 409 g/mol. The summed E-state index contributed by atoms with van der Waals surface area (Å²) in [5, 5.41) is 12.3. The summed E-state index contributed by atoms with van der Waals surface area (Å²) < 4.78 is 11.0. The van der Waals surface area contributed by atoms with E-state index in [1.165, 1.54) is 0 Å². The van der Waals surface area contributed by atoms with Crippen LogP contribution in [0.1, 0.15) is 44.4 Å². The minimum Gasteiger partial charge on any atom is -0.425 e. The van der Waals surface area contributed by atoms with Gasteiger partial charge in [-0.05, 0) is 18.3 Å². The molecule has 1 atom stereocenters. The number of aromatic nitrogens is 4. The van der Waals surface area contributed by atoms with Gasteiger partial charge in [-0.3, -0.25) is 4.79 Å². The Balaban J connectivity index is 1.24. The normalized spacial score (nSPS) is 16.5. The van der Waals surface area contributed by atoms with Gasteiger partial charge in [0.25, 0.3) is 0 Å². The van der Waals surface area contributed by atoms with Gasteiger partial charge in [0, 0.05) is 44.3 Å². The van der Waals surface area contributed by atoms with Crippen molar-refractivity contribution in [2.75, 3.05) is 13.1 Å². The Morgan fingerprint density at radius 1 is 1.17 bits per heavy atom. The summed E-state index contributed by atoms with van der Waals surface area (Å²) >= 11 is 0. The van der Waals surface area contributed by atoms with Crippen LogP contribution in [-0.4, -0.2) is 44.2 Å². The minimum atomic E-state index is 0.114. The van der Waals surface area contributed by atoms with Crippen LogP contribution in [0.2, 0.25) is 0 Å². The zero-order valence-corrected chi connectivity index (χ0v) is 17.5. The first-order valence-electron chi connectivity index (χ1n) is 10.5.